The highest BCUT2D eigenvalue weighted by Crippen LogP contribution is 2.55. The van der Waals surface area contributed by atoms with Gasteiger partial charge < -0.3 is 14.6 Å². The summed E-state index contributed by atoms with van der Waals surface area (Å²) in [6.45, 7) is 4.76. The molecule has 3 heterocycles. The summed E-state index contributed by atoms with van der Waals surface area (Å²) in [5, 5.41) is 1.66. The van der Waals surface area contributed by atoms with Crippen LogP contribution in [0.4, 0.5) is 0 Å². The van der Waals surface area contributed by atoms with Gasteiger partial charge in [-0.15, -0.1) is 11.8 Å². The molecule has 0 aliphatic carbocycles. The van der Waals surface area contributed by atoms with Crippen LogP contribution in [0, 0.1) is 0 Å². The molecule has 2 aliphatic heterocycles. The minimum absolute atomic E-state index is 0.0191. The first kappa shape index (κ1) is 30.4. The first-order valence-corrected chi connectivity index (χ1v) is 16.8. The van der Waals surface area contributed by atoms with E-state index in [1.165, 1.54) is 0 Å². The summed E-state index contributed by atoms with van der Waals surface area (Å²) in [7, 11) is 0. The van der Waals surface area contributed by atoms with E-state index >= 15 is 0 Å². The predicted octanol–water partition coefficient (Wildman–Crippen LogP) is 7.66. The number of carbonyl (C=O) groups is 2. The molecule has 0 radical (unpaired) electrons. The number of likely N-dealkylation sites (tertiary alicyclic amines) is 1. The van der Waals surface area contributed by atoms with E-state index in [1.54, 1.807) is 11.8 Å². The van der Waals surface area contributed by atoms with Gasteiger partial charge in [0.15, 0.2) is 5.78 Å². The predicted molar refractivity (Wildman–Crippen MR) is 177 cm³/mol. The highest BCUT2D eigenvalue weighted by atomic mass is 79.9. The number of hydrogen-bond acceptors (Lipinski definition) is 5. The Bertz CT molecular complexity index is 1580. The molecule has 9 heteroatoms. The quantitative estimate of drug-likeness (QED) is 0.165. The third kappa shape index (κ3) is 6.74. The van der Waals surface area contributed by atoms with Crippen molar-refractivity contribution in [3.8, 4) is 0 Å². The lowest BCUT2D eigenvalue weighted by atomic mass is 9.86. The van der Waals surface area contributed by atoms with Crippen LogP contribution < -0.4 is 0 Å². The second kappa shape index (κ2) is 13.6. The maximum Gasteiger partial charge on any atom is 0.225 e. The topological polar surface area (TPSA) is 65.6 Å². The van der Waals surface area contributed by atoms with Gasteiger partial charge in [0.1, 0.15) is 4.75 Å². The maximum atomic E-state index is 14.6. The minimum Gasteiger partial charge on any atom is -0.379 e. The number of hydrogen-bond donors (Lipinski definition) is 1. The average Bonchev–Trinajstić information content (AvgIpc) is 3.54. The fraction of sp³-hybridized carbons (Fsp3) is 0.353. The van der Waals surface area contributed by atoms with Gasteiger partial charge in [0.05, 0.1) is 25.7 Å². The molecule has 0 bridgehead atoms. The zero-order chi connectivity index (χ0) is 29.8. The van der Waals surface area contributed by atoms with Gasteiger partial charge in [0.2, 0.25) is 5.91 Å². The van der Waals surface area contributed by atoms with Crippen molar-refractivity contribution in [2.75, 3.05) is 32.8 Å². The van der Waals surface area contributed by atoms with Crippen LogP contribution in [0.2, 0.25) is 5.02 Å². The summed E-state index contributed by atoms with van der Waals surface area (Å²) < 4.78 is 5.45. The summed E-state index contributed by atoms with van der Waals surface area (Å²) in [5.41, 5.74) is 2.91. The van der Waals surface area contributed by atoms with Gasteiger partial charge in [-0.05, 0) is 67.4 Å². The zero-order valence-electron chi connectivity index (χ0n) is 23.9. The molecule has 1 amide bonds. The SMILES string of the molecule is O=C1C[C@@](Sc2ccccc2)(C(=O)CCCCN2CCOCC2)[C@H](c2c[nH]c3ccc(Br)cc23)N1Cc1ccc(Cl)cc1. The van der Waals surface area contributed by atoms with Crippen molar-refractivity contribution in [1.29, 1.82) is 0 Å². The third-order valence-corrected chi connectivity index (χ3v) is 10.7. The van der Waals surface area contributed by atoms with Gasteiger partial charge in [-0.2, -0.15) is 0 Å². The Morgan fingerprint density at radius 3 is 2.58 bits per heavy atom. The summed E-state index contributed by atoms with van der Waals surface area (Å²) in [4.78, 5) is 37.5. The van der Waals surface area contributed by atoms with Crippen LogP contribution >= 0.6 is 39.3 Å². The second-order valence-corrected chi connectivity index (χ2v) is 14.1. The number of aromatic nitrogens is 1. The lowest BCUT2D eigenvalue weighted by Crippen LogP contribution is -2.42. The number of unbranched alkanes of at least 4 members (excludes halogenated alkanes) is 1. The van der Waals surface area contributed by atoms with Gasteiger partial charge >= 0.3 is 0 Å². The van der Waals surface area contributed by atoms with Gasteiger partial charge in [-0.3, -0.25) is 14.5 Å². The van der Waals surface area contributed by atoms with Crippen molar-refractivity contribution in [3.05, 3.63) is 99.6 Å². The number of morpholine rings is 1. The molecule has 0 unspecified atom stereocenters. The Balaban J connectivity index is 1.38. The Kier molecular flexibility index (Phi) is 9.60. The number of nitrogens with one attached hydrogen (secondary N) is 1. The van der Waals surface area contributed by atoms with E-state index in [-0.39, 0.29) is 18.1 Å². The molecule has 3 aromatic carbocycles. The molecule has 2 fully saturated rings. The fourth-order valence-electron chi connectivity index (χ4n) is 6.30. The largest absolute Gasteiger partial charge is 0.379 e. The molecule has 0 spiro atoms. The number of amides is 1. The Hall–Kier alpha value is -2.62. The minimum atomic E-state index is -0.985. The summed E-state index contributed by atoms with van der Waals surface area (Å²) >= 11 is 11.4. The van der Waals surface area contributed by atoms with Crippen molar-refractivity contribution in [2.45, 2.75) is 47.9 Å². The molecule has 224 valence electrons. The highest BCUT2D eigenvalue weighted by molar-refractivity contribution is 9.10. The van der Waals surface area contributed by atoms with E-state index in [9.17, 15) is 9.59 Å². The fourth-order valence-corrected chi connectivity index (χ4v) is 8.28. The number of Topliss-reactive ketones (excluding diaryl/α,β-unsaturated/α-hetero) is 1. The number of rotatable bonds is 11. The number of halogens is 2. The average molecular weight is 681 g/mol. The van der Waals surface area contributed by atoms with Crippen LogP contribution in [-0.2, 0) is 20.9 Å². The lowest BCUT2D eigenvalue weighted by molar-refractivity contribution is -0.129. The summed E-state index contributed by atoms with van der Waals surface area (Å²) in [6.07, 6.45) is 4.28. The van der Waals surface area contributed by atoms with Crippen LogP contribution in [0.5, 0.6) is 0 Å². The Morgan fingerprint density at radius 1 is 1.05 bits per heavy atom. The molecule has 4 aromatic rings. The van der Waals surface area contributed by atoms with Crippen molar-refractivity contribution >= 4 is 61.9 Å². The first-order chi connectivity index (χ1) is 20.9. The van der Waals surface area contributed by atoms with E-state index in [2.05, 4.69) is 31.9 Å². The van der Waals surface area contributed by atoms with E-state index in [0.717, 1.165) is 77.1 Å². The van der Waals surface area contributed by atoms with Crippen LogP contribution in [0.3, 0.4) is 0 Å². The van der Waals surface area contributed by atoms with Crippen LogP contribution in [0.1, 0.15) is 42.9 Å². The molecule has 6 nitrogen and oxygen atoms in total. The standard InChI is InChI=1S/C34H35BrClN3O3S/c35-25-11-14-30-28(20-25)29(22-37-30)33-34(43-27-6-2-1-3-7-27,31(40)8-4-5-15-38-16-18-42-19-17-38)21-32(41)39(33)23-24-9-12-26(36)13-10-24/h1-3,6-7,9-14,20,22,33,37H,4-5,8,15-19,21,23H2/t33-,34+/m0/s1. The number of H-pyrrole nitrogens is 1. The third-order valence-electron chi connectivity index (χ3n) is 8.47. The number of thioether (sulfide) groups is 1. The summed E-state index contributed by atoms with van der Waals surface area (Å²) in [5.74, 6) is 0.110. The van der Waals surface area contributed by atoms with Gasteiger partial charge in [0.25, 0.3) is 0 Å². The number of ketones is 1. The normalized spacial score (nSPS) is 21.1. The molecular formula is C34H35BrClN3O3S. The van der Waals surface area contributed by atoms with Gasteiger partial charge in [-0.1, -0.05) is 57.9 Å². The summed E-state index contributed by atoms with van der Waals surface area (Å²) in [6, 6.07) is 23.3. The van der Waals surface area contributed by atoms with Crippen molar-refractivity contribution in [1.82, 2.24) is 14.8 Å². The molecule has 1 N–H and O–H groups in total. The zero-order valence-corrected chi connectivity index (χ0v) is 27.1. The van der Waals surface area contributed by atoms with Crippen molar-refractivity contribution in [2.24, 2.45) is 0 Å². The van der Waals surface area contributed by atoms with Gasteiger partial charge in [-0.25, -0.2) is 0 Å². The van der Waals surface area contributed by atoms with Crippen LogP contribution in [0.25, 0.3) is 10.9 Å². The lowest BCUT2D eigenvalue weighted by Gasteiger charge is -2.36. The van der Waals surface area contributed by atoms with E-state index < -0.39 is 10.8 Å². The molecule has 1 aromatic heterocycles. The van der Waals surface area contributed by atoms with Crippen molar-refractivity contribution < 1.29 is 14.3 Å². The number of benzene rings is 3. The van der Waals surface area contributed by atoms with Crippen LogP contribution in [0.15, 0.2) is 88.4 Å². The Labute approximate surface area is 270 Å². The van der Waals surface area contributed by atoms with Crippen molar-refractivity contribution in [3.63, 3.8) is 0 Å². The monoisotopic (exact) mass is 679 g/mol. The maximum absolute atomic E-state index is 14.6. The molecule has 6 rings (SSSR count). The molecule has 43 heavy (non-hydrogen) atoms. The van der Waals surface area contributed by atoms with Gasteiger partial charge in [0, 0.05) is 63.1 Å². The molecule has 2 saturated heterocycles. The number of fused-ring (bicyclic) bond motifs is 1. The smallest absolute Gasteiger partial charge is 0.225 e. The second-order valence-electron chi connectivity index (χ2n) is 11.3. The van der Waals surface area contributed by atoms with Crippen LogP contribution in [-0.4, -0.2) is 64.1 Å². The number of nitrogens with zero attached hydrogens (tertiary/aromatic N) is 2. The van der Waals surface area contributed by atoms with E-state index in [1.807, 2.05) is 77.8 Å². The highest BCUT2D eigenvalue weighted by Gasteiger charge is 2.57. The molecule has 2 atom stereocenters. The van der Waals surface area contributed by atoms with E-state index in [0.29, 0.717) is 18.0 Å². The number of carbonyl (C=O) groups excluding carboxylic acids is 2. The Morgan fingerprint density at radius 2 is 1.81 bits per heavy atom. The van der Waals surface area contributed by atoms with E-state index in [4.69, 9.17) is 16.3 Å². The molecular weight excluding hydrogens is 646 g/mol. The molecule has 0 saturated carbocycles. The number of ether oxygens (including phenoxy) is 1. The number of aromatic amines is 1. The first-order valence-electron chi connectivity index (χ1n) is 14.8. The molecule has 2 aliphatic rings.